The van der Waals surface area contributed by atoms with Gasteiger partial charge in [0.15, 0.2) is 0 Å². The number of nitro groups is 1. The molecule has 0 aliphatic rings. The summed E-state index contributed by atoms with van der Waals surface area (Å²) in [4.78, 5) is 10.7. The number of halogens is 2. The summed E-state index contributed by atoms with van der Waals surface area (Å²) in [5.41, 5.74) is 0.207. The van der Waals surface area contributed by atoms with Gasteiger partial charge in [0.1, 0.15) is 11.4 Å². The van der Waals surface area contributed by atoms with Crippen LogP contribution in [0.5, 0.6) is 11.5 Å². The Hall–Kier alpha value is -1.98. The minimum Gasteiger partial charge on any atom is -0.448 e. The fourth-order valence-corrected chi connectivity index (χ4v) is 2.12. The predicted molar refractivity (Wildman–Crippen MR) is 79.2 cm³/mol. The zero-order valence-electron chi connectivity index (χ0n) is 10.4. The number of ether oxygens (including phenoxy) is 1. The van der Waals surface area contributed by atoms with E-state index in [1.807, 2.05) is 0 Å². The fourth-order valence-electron chi connectivity index (χ4n) is 1.67. The summed E-state index contributed by atoms with van der Waals surface area (Å²) >= 11 is 11.8. The molecule has 2 aromatic carbocycles. The van der Waals surface area contributed by atoms with Crippen molar-refractivity contribution < 1.29 is 9.66 Å². The molecule has 0 bridgehead atoms. The van der Waals surface area contributed by atoms with Crippen molar-refractivity contribution in [2.24, 2.45) is 0 Å². The fraction of sp³-hybridized carbons (Fsp3) is 0.0769. The van der Waals surface area contributed by atoms with Crippen LogP contribution in [0.25, 0.3) is 0 Å². The summed E-state index contributed by atoms with van der Waals surface area (Å²) in [6.45, 7) is 0. The Morgan fingerprint density at radius 1 is 1.20 bits per heavy atom. The van der Waals surface area contributed by atoms with E-state index in [9.17, 15) is 10.1 Å². The quantitative estimate of drug-likeness (QED) is 0.654. The maximum atomic E-state index is 11.2. The smallest absolute Gasteiger partial charge is 0.334 e. The third-order valence-corrected chi connectivity index (χ3v) is 3.10. The van der Waals surface area contributed by atoms with Crippen molar-refractivity contribution in [1.82, 2.24) is 0 Å². The molecule has 104 valence electrons. The molecule has 0 radical (unpaired) electrons. The Morgan fingerprint density at radius 2 is 1.95 bits per heavy atom. The van der Waals surface area contributed by atoms with Gasteiger partial charge in [0.05, 0.1) is 9.95 Å². The van der Waals surface area contributed by atoms with Crippen LogP contribution in [0.2, 0.25) is 10.0 Å². The first-order chi connectivity index (χ1) is 9.52. The highest BCUT2D eigenvalue weighted by Gasteiger charge is 2.21. The molecule has 0 fully saturated rings. The van der Waals surface area contributed by atoms with Crippen molar-refractivity contribution in [3.05, 3.63) is 56.6 Å². The third kappa shape index (κ3) is 2.95. The van der Waals surface area contributed by atoms with Crippen molar-refractivity contribution in [1.29, 1.82) is 0 Å². The van der Waals surface area contributed by atoms with Gasteiger partial charge in [-0.05, 0) is 30.3 Å². The van der Waals surface area contributed by atoms with Gasteiger partial charge in [0.2, 0.25) is 5.75 Å². The van der Waals surface area contributed by atoms with Crippen molar-refractivity contribution in [2.45, 2.75) is 0 Å². The molecule has 0 aliphatic carbocycles. The number of hydrogen-bond acceptors (Lipinski definition) is 4. The molecule has 0 aromatic heterocycles. The van der Waals surface area contributed by atoms with Crippen LogP contribution in [0.1, 0.15) is 0 Å². The van der Waals surface area contributed by atoms with Gasteiger partial charge in [-0.2, -0.15) is 0 Å². The van der Waals surface area contributed by atoms with Crippen LogP contribution in [0, 0.1) is 10.1 Å². The summed E-state index contributed by atoms with van der Waals surface area (Å²) in [6.07, 6.45) is 0. The van der Waals surface area contributed by atoms with E-state index in [4.69, 9.17) is 27.9 Å². The second-order valence-corrected chi connectivity index (χ2v) is 4.68. The number of nitrogens with one attached hydrogen (secondary N) is 1. The number of benzene rings is 2. The van der Waals surface area contributed by atoms with Gasteiger partial charge >= 0.3 is 5.69 Å². The van der Waals surface area contributed by atoms with Crippen molar-refractivity contribution >= 4 is 34.6 Å². The summed E-state index contributed by atoms with van der Waals surface area (Å²) in [7, 11) is 1.60. The van der Waals surface area contributed by atoms with Crippen molar-refractivity contribution in [3.8, 4) is 11.5 Å². The van der Waals surface area contributed by atoms with E-state index in [-0.39, 0.29) is 16.5 Å². The highest BCUT2D eigenvalue weighted by Crippen LogP contribution is 2.39. The summed E-state index contributed by atoms with van der Waals surface area (Å²) < 4.78 is 5.53. The van der Waals surface area contributed by atoms with E-state index < -0.39 is 4.92 Å². The van der Waals surface area contributed by atoms with Crippen LogP contribution in [-0.4, -0.2) is 12.0 Å². The first-order valence-electron chi connectivity index (χ1n) is 5.61. The zero-order valence-corrected chi connectivity index (χ0v) is 11.9. The Kier molecular flexibility index (Phi) is 4.32. The van der Waals surface area contributed by atoms with Crippen molar-refractivity contribution in [3.63, 3.8) is 0 Å². The maximum Gasteiger partial charge on any atom is 0.334 e. The molecule has 0 saturated heterocycles. The number of para-hydroxylation sites is 1. The lowest BCUT2D eigenvalue weighted by Crippen LogP contribution is -1.99. The van der Waals surface area contributed by atoms with E-state index in [0.717, 1.165) is 0 Å². The second-order valence-electron chi connectivity index (χ2n) is 3.84. The predicted octanol–water partition coefficient (Wildman–Crippen LogP) is 4.74. The monoisotopic (exact) mass is 312 g/mol. The Balaban J connectivity index is 2.45. The average molecular weight is 313 g/mol. The van der Waals surface area contributed by atoms with Gasteiger partial charge in [-0.25, -0.2) is 0 Å². The van der Waals surface area contributed by atoms with E-state index in [1.165, 1.54) is 12.1 Å². The van der Waals surface area contributed by atoms with Crippen LogP contribution < -0.4 is 10.1 Å². The summed E-state index contributed by atoms with van der Waals surface area (Å²) in [5, 5.41) is 14.7. The van der Waals surface area contributed by atoms with Crippen LogP contribution >= 0.6 is 23.2 Å². The van der Waals surface area contributed by atoms with Crippen molar-refractivity contribution in [2.75, 3.05) is 12.4 Å². The molecular formula is C13H10Cl2N2O3. The van der Waals surface area contributed by atoms with Crippen LogP contribution in [0.15, 0.2) is 36.4 Å². The lowest BCUT2D eigenvalue weighted by Gasteiger charge is -2.10. The van der Waals surface area contributed by atoms with Crippen LogP contribution in [0.3, 0.4) is 0 Å². The molecule has 1 N–H and O–H groups in total. The highest BCUT2D eigenvalue weighted by molar-refractivity contribution is 6.35. The number of nitro benzene ring substituents is 1. The molecular weight excluding hydrogens is 303 g/mol. The Bertz CT molecular complexity index is 662. The maximum absolute atomic E-state index is 11.2. The van der Waals surface area contributed by atoms with E-state index in [1.54, 1.807) is 31.3 Å². The third-order valence-electron chi connectivity index (χ3n) is 2.56. The molecule has 0 amide bonds. The van der Waals surface area contributed by atoms with E-state index in [0.29, 0.717) is 16.5 Å². The van der Waals surface area contributed by atoms with Gasteiger partial charge in [0, 0.05) is 12.1 Å². The number of hydrogen-bond donors (Lipinski definition) is 1. The minimum atomic E-state index is -0.509. The SMILES string of the molecule is CNc1cccc(Oc2ccc(Cl)cc2Cl)c1[N+](=O)[O-]. The lowest BCUT2D eigenvalue weighted by atomic mass is 10.2. The first kappa shape index (κ1) is 14.4. The molecule has 2 aromatic rings. The van der Waals surface area contributed by atoms with Gasteiger partial charge < -0.3 is 10.1 Å². The van der Waals surface area contributed by atoms with Crippen LogP contribution in [-0.2, 0) is 0 Å². The topological polar surface area (TPSA) is 64.4 Å². The van der Waals surface area contributed by atoms with Gasteiger partial charge in [-0.3, -0.25) is 10.1 Å². The molecule has 2 rings (SSSR count). The lowest BCUT2D eigenvalue weighted by molar-refractivity contribution is -0.384. The minimum absolute atomic E-state index is 0.103. The number of anilines is 1. The molecule has 0 saturated carbocycles. The summed E-state index contributed by atoms with van der Waals surface area (Å²) in [5.74, 6) is 0.401. The number of rotatable bonds is 4. The first-order valence-corrected chi connectivity index (χ1v) is 6.36. The largest absolute Gasteiger partial charge is 0.448 e. The molecule has 0 aliphatic heterocycles. The molecule has 7 heteroatoms. The Labute approximate surface area is 125 Å². The molecule has 0 spiro atoms. The normalized spacial score (nSPS) is 10.2. The highest BCUT2D eigenvalue weighted by atomic mass is 35.5. The summed E-state index contributed by atoms with van der Waals surface area (Å²) in [6, 6.07) is 9.40. The molecule has 0 unspecified atom stereocenters. The van der Waals surface area contributed by atoms with Gasteiger partial charge in [-0.15, -0.1) is 0 Å². The molecule has 20 heavy (non-hydrogen) atoms. The van der Waals surface area contributed by atoms with Gasteiger partial charge in [-0.1, -0.05) is 29.3 Å². The average Bonchev–Trinajstić information content (AvgIpc) is 2.41. The molecule has 5 nitrogen and oxygen atoms in total. The van der Waals surface area contributed by atoms with E-state index in [2.05, 4.69) is 5.32 Å². The van der Waals surface area contributed by atoms with Crippen LogP contribution in [0.4, 0.5) is 11.4 Å². The standard InChI is InChI=1S/C13H10Cl2N2O3/c1-16-10-3-2-4-12(13(10)17(18)19)20-11-6-5-8(14)7-9(11)15/h2-7,16H,1H3. The molecule has 0 heterocycles. The zero-order chi connectivity index (χ0) is 14.7. The molecule has 0 atom stereocenters. The Morgan fingerprint density at radius 3 is 2.55 bits per heavy atom. The van der Waals surface area contributed by atoms with E-state index >= 15 is 0 Å². The number of nitrogens with zero attached hydrogens (tertiary/aromatic N) is 1. The second kappa shape index (κ2) is 5.98. The van der Waals surface area contributed by atoms with Gasteiger partial charge in [0.25, 0.3) is 0 Å².